The molecule has 0 aliphatic carbocycles. The van der Waals surface area contributed by atoms with Crippen molar-refractivity contribution >= 4 is 11.8 Å². The van der Waals surface area contributed by atoms with Crippen molar-refractivity contribution in [1.29, 1.82) is 0 Å². The van der Waals surface area contributed by atoms with Gasteiger partial charge in [0, 0.05) is 31.0 Å². The standard InChI is InChI=1S/C13H28N2OS/c1-11(6-16-5)15(4)13(8-14)7-12(2,3)9-17-10-13/h11H,6-10,14H2,1-5H3. The van der Waals surface area contributed by atoms with Crippen LogP contribution < -0.4 is 5.73 Å². The number of nitrogens with zero attached hydrogens (tertiary/aromatic N) is 1. The lowest BCUT2D eigenvalue weighted by molar-refractivity contribution is 0.0253. The maximum atomic E-state index is 6.10. The number of thioether (sulfide) groups is 1. The van der Waals surface area contributed by atoms with Gasteiger partial charge in [0.05, 0.1) is 6.61 Å². The Balaban J connectivity index is 2.80. The molecule has 1 fully saturated rings. The van der Waals surface area contributed by atoms with Gasteiger partial charge in [0.15, 0.2) is 0 Å². The van der Waals surface area contributed by atoms with Crippen LogP contribution in [0.3, 0.4) is 0 Å². The van der Waals surface area contributed by atoms with Gasteiger partial charge in [0.1, 0.15) is 0 Å². The summed E-state index contributed by atoms with van der Waals surface area (Å²) in [5.41, 5.74) is 6.61. The van der Waals surface area contributed by atoms with E-state index in [1.165, 1.54) is 12.2 Å². The quantitative estimate of drug-likeness (QED) is 0.818. The molecular formula is C13H28N2OS. The minimum atomic E-state index is 0.129. The zero-order chi connectivity index (χ0) is 13.1. The van der Waals surface area contributed by atoms with Crippen molar-refractivity contribution in [1.82, 2.24) is 4.90 Å². The molecule has 1 aliphatic heterocycles. The molecule has 1 heterocycles. The maximum absolute atomic E-state index is 6.10. The average molecular weight is 260 g/mol. The van der Waals surface area contributed by atoms with Crippen molar-refractivity contribution in [3.05, 3.63) is 0 Å². The maximum Gasteiger partial charge on any atom is 0.0615 e. The van der Waals surface area contributed by atoms with Crippen LogP contribution in [0.1, 0.15) is 27.2 Å². The molecular weight excluding hydrogens is 232 g/mol. The fourth-order valence-corrected chi connectivity index (χ4v) is 4.39. The summed E-state index contributed by atoms with van der Waals surface area (Å²) in [7, 11) is 3.96. The van der Waals surface area contributed by atoms with Gasteiger partial charge in [-0.2, -0.15) is 11.8 Å². The minimum absolute atomic E-state index is 0.129. The fourth-order valence-electron chi connectivity index (χ4n) is 2.83. The van der Waals surface area contributed by atoms with E-state index < -0.39 is 0 Å². The van der Waals surface area contributed by atoms with Crippen LogP contribution >= 0.6 is 11.8 Å². The normalized spacial score (nSPS) is 30.5. The van der Waals surface area contributed by atoms with Crippen LogP contribution in [0.5, 0.6) is 0 Å². The Labute approximate surface area is 110 Å². The molecule has 1 rings (SSSR count). The van der Waals surface area contributed by atoms with E-state index in [0.717, 1.165) is 18.9 Å². The van der Waals surface area contributed by atoms with E-state index in [4.69, 9.17) is 10.5 Å². The predicted octanol–water partition coefficient (Wildman–Crippen LogP) is 1.81. The molecule has 0 radical (unpaired) electrons. The van der Waals surface area contributed by atoms with Crippen LogP contribution in [-0.4, -0.2) is 55.3 Å². The molecule has 2 atom stereocenters. The van der Waals surface area contributed by atoms with Crippen molar-refractivity contribution in [2.24, 2.45) is 11.1 Å². The highest BCUT2D eigenvalue weighted by atomic mass is 32.2. The smallest absolute Gasteiger partial charge is 0.0615 e. The second kappa shape index (κ2) is 5.91. The molecule has 2 N–H and O–H groups in total. The van der Waals surface area contributed by atoms with E-state index in [0.29, 0.717) is 11.5 Å². The second-order valence-electron chi connectivity index (χ2n) is 6.18. The van der Waals surface area contributed by atoms with E-state index >= 15 is 0 Å². The number of hydrogen-bond donors (Lipinski definition) is 1. The van der Waals surface area contributed by atoms with Gasteiger partial charge in [-0.05, 0) is 31.6 Å². The van der Waals surface area contributed by atoms with Gasteiger partial charge < -0.3 is 10.5 Å². The number of methoxy groups -OCH3 is 1. The highest BCUT2D eigenvalue weighted by Gasteiger charge is 2.43. The van der Waals surface area contributed by atoms with Crippen molar-refractivity contribution in [2.75, 3.05) is 38.8 Å². The van der Waals surface area contributed by atoms with Gasteiger partial charge in [-0.1, -0.05) is 13.8 Å². The first kappa shape index (κ1) is 15.3. The summed E-state index contributed by atoms with van der Waals surface area (Å²) < 4.78 is 5.27. The molecule has 17 heavy (non-hydrogen) atoms. The third-order valence-electron chi connectivity index (χ3n) is 3.87. The van der Waals surface area contributed by atoms with Crippen LogP contribution in [0.4, 0.5) is 0 Å². The lowest BCUT2D eigenvalue weighted by Crippen LogP contribution is -2.61. The van der Waals surface area contributed by atoms with Crippen molar-refractivity contribution < 1.29 is 4.74 Å². The van der Waals surface area contributed by atoms with Gasteiger partial charge in [0.25, 0.3) is 0 Å². The van der Waals surface area contributed by atoms with Crippen LogP contribution in [-0.2, 0) is 4.74 Å². The van der Waals surface area contributed by atoms with Gasteiger partial charge in [-0.15, -0.1) is 0 Å². The third kappa shape index (κ3) is 3.60. The SMILES string of the molecule is COCC(C)N(C)C1(CN)CSCC(C)(C)C1. The van der Waals surface area contributed by atoms with E-state index in [2.05, 4.69) is 32.7 Å². The molecule has 3 nitrogen and oxygen atoms in total. The van der Waals surface area contributed by atoms with Gasteiger partial charge in [0.2, 0.25) is 0 Å². The molecule has 0 amide bonds. The first-order valence-corrected chi connectivity index (χ1v) is 7.52. The molecule has 1 aliphatic rings. The zero-order valence-electron chi connectivity index (χ0n) is 12.0. The summed E-state index contributed by atoms with van der Waals surface area (Å²) in [5, 5.41) is 0. The number of hydrogen-bond acceptors (Lipinski definition) is 4. The van der Waals surface area contributed by atoms with E-state index in [1.807, 2.05) is 11.8 Å². The van der Waals surface area contributed by atoms with Crippen molar-refractivity contribution in [3.8, 4) is 0 Å². The van der Waals surface area contributed by atoms with Gasteiger partial charge in [-0.3, -0.25) is 4.90 Å². The van der Waals surface area contributed by atoms with E-state index in [-0.39, 0.29) is 5.54 Å². The minimum Gasteiger partial charge on any atom is -0.383 e. The lowest BCUT2D eigenvalue weighted by atomic mass is 9.78. The lowest BCUT2D eigenvalue weighted by Gasteiger charge is -2.51. The molecule has 1 saturated heterocycles. The number of rotatable bonds is 5. The molecule has 0 aromatic rings. The summed E-state index contributed by atoms with van der Waals surface area (Å²) in [6.07, 6.45) is 1.17. The summed E-state index contributed by atoms with van der Waals surface area (Å²) in [6, 6.07) is 0.415. The van der Waals surface area contributed by atoms with Crippen LogP contribution in [0.25, 0.3) is 0 Å². The molecule has 0 aromatic heterocycles. The fraction of sp³-hybridized carbons (Fsp3) is 1.00. The second-order valence-corrected chi connectivity index (χ2v) is 7.16. The summed E-state index contributed by atoms with van der Waals surface area (Å²) in [6.45, 7) is 8.40. The third-order valence-corrected chi connectivity index (χ3v) is 5.60. The van der Waals surface area contributed by atoms with Crippen molar-refractivity contribution in [3.63, 3.8) is 0 Å². The molecule has 0 bridgehead atoms. The number of likely N-dealkylation sites (N-methyl/N-ethyl adjacent to an activating group) is 1. The molecule has 102 valence electrons. The highest BCUT2D eigenvalue weighted by Crippen LogP contribution is 2.41. The Morgan fingerprint density at radius 1 is 1.41 bits per heavy atom. The predicted molar refractivity (Wildman–Crippen MR) is 76.6 cm³/mol. The average Bonchev–Trinajstić information content (AvgIpc) is 2.26. The number of ether oxygens (including phenoxy) is 1. The summed E-state index contributed by atoms with van der Waals surface area (Å²) >= 11 is 2.03. The topological polar surface area (TPSA) is 38.5 Å². The zero-order valence-corrected chi connectivity index (χ0v) is 12.8. The first-order valence-electron chi connectivity index (χ1n) is 6.36. The monoisotopic (exact) mass is 260 g/mol. The Morgan fingerprint density at radius 2 is 2.06 bits per heavy atom. The molecule has 0 saturated carbocycles. The Hall–Kier alpha value is 0.230. The number of nitrogens with two attached hydrogens (primary N) is 1. The first-order chi connectivity index (χ1) is 7.87. The summed E-state index contributed by atoms with van der Waals surface area (Å²) in [4.78, 5) is 2.43. The Bertz CT molecular complexity index is 248. The Kier molecular flexibility index (Phi) is 5.32. The van der Waals surface area contributed by atoms with Gasteiger partial charge in [-0.25, -0.2) is 0 Å². The van der Waals surface area contributed by atoms with Gasteiger partial charge >= 0.3 is 0 Å². The van der Waals surface area contributed by atoms with Crippen LogP contribution in [0.15, 0.2) is 0 Å². The van der Waals surface area contributed by atoms with Crippen molar-refractivity contribution in [2.45, 2.75) is 38.8 Å². The Morgan fingerprint density at radius 3 is 2.53 bits per heavy atom. The molecule has 4 heteroatoms. The van der Waals surface area contributed by atoms with E-state index in [1.54, 1.807) is 7.11 Å². The molecule has 2 unspecified atom stereocenters. The summed E-state index contributed by atoms with van der Waals surface area (Å²) in [5.74, 6) is 2.37. The largest absolute Gasteiger partial charge is 0.383 e. The van der Waals surface area contributed by atoms with E-state index in [9.17, 15) is 0 Å². The molecule has 0 spiro atoms. The van der Waals surface area contributed by atoms with Crippen LogP contribution in [0.2, 0.25) is 0 Å². The highest BCUT2D eigenvalue weighted by molar-refractivity contribution is 7.99. The molecule has 0 aromatic carbocycles. The van der Waals surface area contributed by atoms with Crippen LogP contribution in [0, 0.1) is 5.41 Å².